The van der Waals surface area contributed by atoms with E-state index in [1.807, 2.05) is 22.9 Å². The zero-order valence-electron chi connectivity index (χ0n) is 13.6. The number of imidazole rings is 1. The molecule has 0 saturated carbocycles. The number of benzene rings is 2. The summed E-state index contributed by atoms with van der Waals surface area (Å²) in [6.07, 6.45) is 6.66. The van der Waals surface area contributed by atoms with Crippen LogP contribution in [0, 0.1) is 5.82 Å². The monoisotopic (exact) mass is 369 g/mol. The summed E-state index contributed by atoms with van der Waals surface area (Å²) in [5.74, 6) is 0.732. The van der Waals surface area contributed by atoms with Crippen molar-refractivity contribution in [1.82, 2.24) is 19.5 Å². The molecule has 2 heterocycles. The molecule has 0 atom stereocenters. The van der Waals surface area contributed by atoms with Crippen molar-refractivity contribution >= 4 is 34.0 Å². The summed E-state index contributed by atoms with van der Waals surface area (Å²) < 4.78 is 20.7. The average Bonchev–Trinajstić information content (AvgIpc) is 3.18. The number of halogens is 2. The maximum Gasteiger partial charge on any atom is 0.143 e. The van der Waals surface area contributed by atoms with Gasteiger partial charge in [-0.15, -0.1) is 0 Å². The number of anilines is 2. The Bertz CT molecular complexity index is 1080. The number of fused-ring (bicyclic) bond motifs is 1. The molecule has 1 N–H and O–H groups in total. The molecule has 0 unspecified atom stereocenters. The normalized spacial score (nSPS) is 10.9. The maximum absolute atomic E-state index is 13.4. The highest BCUT2D eigenvalue weighted by Gasteiger charge is 2.12. The van der Waals surface area contributed by atoms with E-state index in [-0.39, 0.29) is 5.02 Å². The van der Waals surface area contributed by atoms with Crippen LogP contribution in [-0.2, 0) is 0 Å². The Labute approximate surface area is 153 Å². The number of rotatable bonds is 4. The van der Waals surface area contributed by atoms with Crippen molar-refractivity contribution in [2.75, 3.05) is 12.4 Å². The molecule has 0 radical (unpaired) electrons. The summed E-state index contributed by atoms with van der Waals surface area (Å²) in [5.41, 5.74) is 2.15. The minimum atomic E-state index is -0.476. The predicted molar refractivity (Wildman–Crippen MR) is 97.9 cm³/mol. The summed E-state index contributed by atoms with van der Waals surface area (Å²) in [7, 11) is 1.60. The van der Waals surface area contributed by atoms with Crippen LogP contribution in [0.15, 0.2) is 55.4 Å². The first-order valence-electron chi connectivity index (χ1n) is 7.69. The third-order valence-corrected chi connectivity index (χ3v) is 4.19. The largest absolute Gasteiger partial charge is 0.495 e. The molecule has 4 rings (SSSR count). The van der Waals surface area contributed by atoms with E-state index in [0.717, 1.165) is 16.6 Å². The maximum atomic E-state index is 13.4. The highest BCUT2D eigenvalue weighted by molar-refractivity contribution is 6.31. The predicted octanol–water partition coefficient (Wildman–Crippen LogP) is 4.36. The second kappa shape index (κ2) is 6.61. The molecular weight excluding hydrogens is 357 g/mol. The number of nitrogens with zero attached hydrogens (tertiary/aromatic N) is 4. The SMILES string of the molecule is COc1cc2c(Nc3ccc(F)c(Cl)c3)ncnc2cc1-n1ccnc1. The number of ether oxygens (including phenoxy) is 1. The highest BCUT2D eigenvalue weighted by atomic mass is 35.5. The number of hydrogen-bond donors (Lipinski definition) is 1. The number of aromatic nitrogens is 4. The van der Waals surface area contributed by atoms with Gasteiger partial charge in [0.1, 0.15) is 23.7 Å². The van der Waals surface area contributed by atoms with Crippen LogP contribution in [0.1, 0.15) is 0 Å². The van der Waals surface area contributed by atoms with E-state index in [0.29, 0.717) is 17.3 Å². The Balaban J connectivity index is 1.82. The van der Waals surface area contributed by atoms with Gasteiger partial charge in [0.05, 0.1) is 29.7 Å². The molecule has 2 aromatic heterocycles. The Morgan fingerprint density at radius 1 is 1.19 bits per heavy atom. The van der Waals surface area contributed by atoms with Gasteiger partial charge in [0.25, 0.3) is 0 Å². The first kappa shape index (κ1) is 16.3. The summed E-state index contributed by atoms with van der Waals surface area (Å²) >= 11 is 5.85. The molecule has 0 aliphatic rings. The fraction of sp³-hybridized carbons (Fsp3) is 0.0556. The summed E-state index contributed by atoms with van der Waals surface area (Å²) in [5, 5.41) is 3.94. The molecule has 0 aliphatic carbocycles. The molecule has 130 valence electrons. The lowest BCUT2D eigenvalue weighted by molar-refractivity contribution is 0.413. The van der Waals surface area contributed by atoms with Crippen LogP contribution in [0.3, 0.4) is 0 Å². The zero-order valence-corrected chi connectivity index (χ0v) is 14.4. The molecular formula is C18H13ClFN5O. The van der Waals surface area contributed by atoms with Gasteiger partial charge < -0.3 is 14.6 Å². The van der Waals surface area contributed by atoms with Crippen molar-refractivity contribution < 1.29 is 9.13 Å². The Kier molecular flexibility index (Phi) is 4.14. The minimum absolute atomic E-state index is 0.0355. The van der Waals surface area contributed by atoms with Crippen molar-refractivity contribution in [3.63, 3.8) is 0 Å². The van der Waals surface area contributed by atoms with Crippen LogP contribution < -0.4 is 10.1 Å². The second-order valence-electron chi connectivity index (χ2n) is 5.49. The van der Waals surface area contributed by atoms with Crippen LogP contribution in [0.2, 0.25) is 5.02 Å². The molecule has 0 fully saturated rings. The summed E-state index contributed by atoms with van der Waals surface area (Å²) in [6.45, 7) is 0. The van der Waals surface area contributed by atoms with E-state index in [9.17, 15) is 4.39 Å². The molecule has 0 aliphatic heterocycles. The van der Waals surface area contributed by atoms with Crippen molar-refractivity contribution in [2.45, 2.75) is 0 Å². The van der Waals surface area contributed by atoms with Crippen molar-refractivity contribution in [3.05, 3.63) is 66.2 Å². The third-order valence-electron chi connectivity index (χ3n) is 3.90. The topological polar surface area (TPSA) is 64.9 Å². The van der Waals surface area contributed by atoms with E-state index in [4.69, 9.17) is 16.3 Å². The molecule has 0 spiro atoms. The molecule has 4 aromatic rings. The fourth-order valence-electron chi connectivity index (χ4n) is 2.65. The van der Waals surface area contributed by atoms with Crippen molar-refractivity contribution in [1.29, 1.82) is 0 Å². The van der Waals surface area contributed by atoms with E-state index in [2.05, 4.69) is 20.3 Å². The Morgan fingerprint density at radius 2 is 2.08 bits per heavy atom. The summed E-state index contributed by atoms with van der Waals surface area (Å²) in [4.78, 5) is 12.7. The van der Waals surface area contributed by atoms with Crippen LogP contribution in [-0.4, -0.2) is 26.6 Å². The van der Waals surface area contributed by atoms with Gasteiger partial charge in [0.15, 0.2) is 0 Å². The van der Waals surface area contributed by atoms with Gasteiger partial charge in [0.2, 0.25) is 0 Å². The molecule has 26 heavy (non-hydrogen) atoms. The van der Waals surface area contributed by atoms with Gasteiger partial charge >= 0.3 is 0 Å². The van der Waals surface area contributed by atoms with Crippen LogP contribution in [0.5, 0.6) is 5.75 Å². The zero-order chi connectivity index (χ0) is 18.1. The van der Waals surface area contributed by atoms with Gasteiger partial charge in [-0.05, 0) is 30.3 Å². The molecule has 6 nitrogen and oxygen atoms in total. The van der Waals surface area contributed by atoms with Gasteiger partial charge in [-0.3, -0.25) is 0 Å². The lowest BCUT2D eigenvalue weighted by Gasteiger charge is -2.13. The number of hydrogen-bond acceptors (Lipinski definition) is 5. The van der Waals surface area contributed by atoms with E-state index >= 15 is 0 Å². The Morgan fingerprint density at radius 3 is 2.81 bits per heavy atom. The van der Waals surface area contributed by atoms with Crippen LogP contribution in [0.25, 0.3) is 16.6 Å². The standard InChI is InChI=1S/C18H13ClFN5O/c1-26-17-7-12-15(8-16(17)25-5-4-21-10-25)22-9-23-18(12)24-11-2-3-14(20)13(19)6-11/h2-10H,1H3,(H,22,23,24). The number of methoxy groups -OCH3 is 1. The number of nitrogens with one attached hydrogen (secondary N) is 1. The van der Waals surface area contributed by atoms with Gasteiger partial charge in [-0.2, -0.15) is 0 Å². The minimum Gasteiger partial charge on any atom is -0.495 e. The smallest absolute Gasteiger partial charge is 0.143 e. The molecule has 8 heteroatoms. The van der Waals surface area contributed by atoms with Crippen molar-refractivity contribution in [3.8, 4) is 11.4 Å². The van der Waals surface area contributed by atoms with Crippen molar-refractivity contribution in [2.24, 2.45) is 0 Å². The van der Waals surface area contributed by atoms with Crippen LogP contribution in [0.4, 0.5) is 15.9 Å². The average molecular weight is 370 g/mol. The van der Waals surface area contributed by atoms with Gasteiger partial charge in [-0.25, -0.2) is 19.3 Å². The first-order valence-corrected chi connectivity index (χ1v) is 8.06. The first-order chi connectivity index (χ1) is 12.7. The van der Waals surface area contributed by atoms with E-state index < -0.39 is 5.82 Å². The highest BCUT2D eigenvalue weighted by Crippen LogP contribution is 2.32. The fourth-order valence-corrected chi connectivity index (χ4v) is 2.83. The Hall–Kier alpha value is -3.19. The summed E-state index contributed by atoms with van der Waals surface area (Å²) in [6, 6.07) is 8.12. The van der Waals surface area contributed by atoms with Crippen LogP contribution >= 0.6 is 11.6 Å². The lowest BCUT2D eigenvalue weighted by Crippen LogP contribution is -2.00. The molecule has 2 aromatic carbocycles. The second-order valence-corrected chi connectivity index (χ2v) is 5.89. The van der Waals surface area contributed by atoms with Gasteiger partial charge in [0, 0.05) is 23.5 Å². The molecule has 0 amide bonds. The lowest BCUT2D eigenvalue weighted by atomic mass is 10.2. The third kappa shape index (κ3) is 2.93. The van der Waals surface area contributed by atoms with E-state index in [1.54, 1.807) is 25.7 Å². The van der Waals surface area contributed by atoms with Gasteiger partial charge in [-0.1, -0.05) is 11.6 Å². The van der Waals surface area contributed by atoms with E-state index in [1.165, 1.54) is 18.5 Å². The molecule has 0 bridgehead atoms. The quantitative estimate of drug-likeness (QED) is 0.579. The molecule has 0 saturated heterocycles.